The fraction of sp³-hybridized carbons (Fsp3) is 0.538. The fourth-order valence-electron chi connectivity index (χ4n) is 2.28. The van der Waals surface area contributed by atoms with E-state index in [1.165, 1.54) is 17.7 Å². The minimum atomic E-state index is 0.693. The molecule has 2 nitrogen and oxygen atoms in total. The molecule has 0 amide bonds. The van der Waals surface area contributed by atoms with Gasteiger partial charge >= 0.3 is 0 Å². The highest BCUT2D eigenvalue weighted by atomic mass is 14.7. The van der Waals surface area contributed by atoms with E-state index in [4.69, 9.17) is 5.26 Å². The molecule has 1 heterocycles. The van der Waals surface area contributed by atoms with Crippen LogP contribution in [0.2, 0.25) is 0 Å². The summed E-state index contributed by atoms with van der Waals surface area (Å²) in [7, 11) is 0. The molecule has 0 N–H and O–H groups in total. The molecule has 1 aliphatic carbocycles. The van der Waals surface area contributed by atoms with Crippen molar-refractivity contribution in [2.24, 2.45) is 11.8 Å². The van der Waals surface area contributed by atoms with Crippen molar-refractivity contribution in [3.63, 3.8) is 0 Å². The first-order chi connectivity index (χ1) is 7.20. The highest BCUT2D eigenvalue weighted by molar-refractivity contribution is 5.34. The van der Waals surface area contributed by atoms with E-state index >= 15 is 0 Å². The Kier molecular flexibility index (Phi) is 2.73. The first-order valence-corrected chi connectivity index (χ1v) is 5.58. The Hall–Kier alpha value is -1.36. The summed E-state index contributed by atoms with van der Waals surface area (Å²) in [6.07, 6.45) is 5.09. The molecule has 0 spiro atoms. The van der Waals surface area contributed by atoms with Crippen molar-refractivity contribution in [2.45, 2.75) is 33.1 Å². The van der Waals surface area contributed by atoms with E-state index in [9.17, 15) is 0 Å². The summed E-state index contributed by atoms with van der Waals surface area (Å²) in [5.41, 5.74) is 3.18. The average molecular weight is 200 g/mol. The number of hydrogen-bond donors (Lipinski definition) is 0. The Morgan fingerprint density at radius 3 is 3.00 bits per heavy atom. The van der Waals surface area contributed by atoms with E-state index in [0.29, 0.717) is 5.56 Å². The number of nitriles is 1. The van der Waals surface area contributed by atoms with Crippen LogP contribution in [0.5, 0.6) is 0 Å². The number of hydrogen-bond acceptors (Lipinski definition) is 2. The van der Waals surface area contributed by atoms with Gasteiger partial charge in [0.25, 0.3) is 0 Å². The molecule has 0 fully saturated rings. The fourth-order valence-corrected chi connectivity index (χ4v) is 2.28. The van der Waals surface area contributed by atoms with Crippen LogP contribution in [0.4, 0.5) is 0 Å². The van der Waals surface area contributed by atoms with Crippen LogP contribution in [0.15, 0.2) is 12.3 Å². The van der Waals surface area contributed by atoms with Crippen LogP contribution in [-0.2, 0) is 12.8 Å². The molecule has 0 bridgehead atoms. The van der Waals surface area contributed by atoms with Gasteiger partial charge in [0.15, 0.2) is 0 Å². The number of aromatic nitrogens is 1. The van der Waals surface area contributed by atoms with E-state index in [2.05, 4.69) is 24.9 Å². The zero-order valence-corrected chi connectivity index (χ0v) is 9.33. The van der Waals surface area contributed by atoms with Crippen molar-refractivity contribution in [1.82, 2.24) is 4.98 Å². The maximum Gasteiger partial charge on any atom is 0.101 e. The van der Waals surface area contributed by atoms with Gasteiger partial charge in [0.05, 0.1) is 5.56 Å². The summed E-state index contributed by atoms with van der Waals surface area (Å²) in [6.45, 7) is 4.55. The molecule has 1 aromatic heterocycles. The van der Waals surface area contributed by atoms with Crippen LogP contribution < -0.4 is 0 Å². The summed E-state index contributed by atoms with van der Waals surface area (Å²) < 4.78 is 0. The predicted molar refractivity (Wildman–Crippen MR) is 59.3 cm³/mol. The molecule has 1 aliphatic rings. The average Bonchev–Trinajstić information content (AvgIpc) is 2.27. The molecule has 2 heteroatoms. The van der Waals surface area contributed by atoms with Crippen molar-refractivity contribution in [2.75, 3.05) is 0 Å². The topological polar surface area (TPSA) is 36.7 Å². The SMILES string of the molecule is CC(C)C1CCc2ncc(C#N)cc2C1. The van der Waals surface area contributed by atoms with Crippen molar-refractivity contribution < 1.29 is 0 Å². The molecule has 0 aliphatic heterocycles. The van der Waals surface area contributed by atoms with Crippen LogP contribution in [-0.4, -0.2) is 4.98 Å². The Bertz CT molecular complexity index is 401. The number of pyridine rings is 1. The third-order valence-corrected chi connectivity index (χ3v) is 3.37. The second-order valence-electron chi connectivity index (χ2n) is 4.69. The van der Waals surface area contributed by atoms with Crippen LogP contribution in [0.3, 0.4) is 0 Å². The standard InChI is InChI=1S/C13H16N2/c1-9(2)11-3-4-13-12(6-11)5-10(7-14)8-15-13/h5,8-9,11H,3-4,6H2,1-2H3. The Morgan fingerprint density at radius 2 is 2.33 bits per heavy atom. The molecule has 0 saturated carbocycles. The van der Waals surface area contributed by atoms with Gasteiger partial charge in [0, 0.05) is 11.9 Å². The van der Waals surface area contributed by atoms with Crippen molar-refractivity contribution in [3.8, 4) is 6.07 Å². The molecule has 1 atom stereocenters. The zero-order valence-electron chi connectivity index (χ0n) is 9.33. The molecule has 1 aromatic rings. The molecule has 0 saturated heterocycles. The van der Waals surface area contributed by atoms with Gasteiger partial charge in [-0.25, -0.2) is 0 Å². The summed E-state index contributed by atoms with van der Waals surface area (Å²) >= 11 is 0. The van der Waals surface area contributed by atoms with Gasteiger partial charge in [-0.1, -0.05) is 13.8 Å². The third-order valence-electron chi connectivity index (χ3n) is 3.37. The third kappa shape index (κ3) is 2.02. The Labute approximate surface area is 91.0 Å². The number of rotatable bonds is 1. The quantitative estimate of drug-likeness (QED) is 0.699. The number of aryl methyl sites for hydroxylation is 1. The second-order valence-corrected chi connectivity index (χ2v) is 4.69. The van der Waals surface area contributed by atoms with Gasteiger partial charge in [-0.2, -0.15) is 5.26 Å². The van der Waals surface area contributed by atoms with Gasteiger partial charge in [-0.05, 0) is 42.7 Å². The first-order valence-electron chi connectivity index (χ1n) is 5.58. The van der Waals surface area contributed by atoms with Gasteiger partial charge < -0.3 is 0 Å². The summed E-state index contributed by atoms with van der Waals surface area (Å²) in [4.78, 5) is 4.36. The minimum Gasteiger partial charge on any atom is -0.260 e. The lowest BCUT2D eigenvalue weighted by Crippen LogP contribution is -2.20. The summed E-state index contributed by atoms with van der Waals surface area (Å²) in [6, 6.07) is 4.17. The van der Waals surface area contributed by atoms with Crippen LogP contribution in [0, 0.1) is 23.2 Å². The van der Waals surface area contributed by atoms with Crippen molar-refractivity contribution >= 4 is 0 Å². The molecule has 78 valence electrons. The molecular weight excluding hydrogens is 184 g/mol. The molecule has 0 aromatic carbocycles. The Morgan fingerprint density at radius 1 is 1.53 bits per heavy atom. The summed E-state index contributed by atoms with van der Waals surface area (Å²) in [5, 5.41) is 8.82. The summed E-state index contributed by atoms with van der Waals surface area (Å²) in [5.74, 6) is 1.48. The normalized spacial score (nSPS) is 19.7. The maximum atomic E-state index is 8.82. The second kappa shape index (κ2) is 4.02. The van der Waals surface area contributed by atoms with Crippen molar-refractivity contribution in [1.29, 1.82) is 5.26 Å². The lowest BCUT2D eigenvalue weighted by molar-refractivity contribution is 0.340. The monoisotopic (exact) mass is 200 g/mol. The van der Waals surface area contributed by atoms with E-state index < -0.39 is 0 Å². The maximum absolute atomic E-state index is 8.82. The highest BCUT2D eigenvalue weighted by Gasteiger charge is 2.22. The largest absolute Gasteiger partial charge is 0.260 e. The van der Waals surface area contributed by atoms with Gasteiger partial charge in [-0.3, -0.25) is 4.98 Å². The van der Waals surface area contributed by atoms with Gasteiger partial charge in [-0.15, -0.1) is 0 Å². The van der Waals surface area contributed by atoms with Crippen LogP contribution in [0.25, 0.3) is 0 Å². The lowest BCUT2D eigenvalue weighted by Gasteiger charge is -2.26. The molecule has 0 radical (unpaired) electrons. The number of fused-ring (bicyclic) bond motifs is 1. The molecular formula is C13H16N2. The van der Waals surface area contributed by atoms with Gasteiger partial charge in [0.1, 0.15) is 6.07 Å². The first kappa shape index (κ1) is 10.2. The van der Waals surface area contributed by atoms with E-state index in [1.807, 2.05) is 6.07 Å². The smallest absolute Gasteiger partial charge is 0.101 e. The highest BCUT2D eigenvalue weighted by Crippen LogP contribution is 2.29. The number of nitrogens with zero attached hydrogens (tertiary/aromatic N) is 2. The van der Waals surface area contributed by atoms with Crippen LogP contribution in [0.1, 0.15) is 37.1 Å². The predicted octanol–water partition coefficient (Wildman–Crippen LogP) is 2.71. The van der Waals surface area contributed by atoms with Gasteiger partial charge in [0.2, 0.25) is 0 Å². The van der Waals surface area contributed by atoms with E-state index in [1.54, 1.807) is 6.20 Å². The van der Waals surface area contributed by atoms with Crippen LogP contribution >= 0.6 is 0 Å². The minimum absolute atomic E-state index is 0.693. The Balaban J connectivity index is 2.28. The molecule has 15 heavy (non-hydrogen) atoms. The van der Waals surface area contributed by atoms with Crippen molar-refractivity contribution in [3.05, 3.63) is 29.1 Å². The lowest BCUT2D eigenvalue weighted by atomic mass is 9.80. The van der Waals surface area contributed by atoms with E-state index in [0.717, 1.165) is 24.7 Å². The zero-order chi connectivity index (χ0) is 10.8. The molecule has 2 rings (SSSR count). The molecule has 1 unspecified atom stereocenters. The van der Waals surface area contributed by atoms with E-state index in [-0.39, 0.29) is 0 Å².